The Balaban J connectivity index is 2.24. The van der Waals surface area contributed by atoms with Crippen LogP contribution in [0.3, 0.4) is 0 Å². The molecule has 1 aromatic heterocycles. The van der Waals surface area contributed by atoms with Crippen molar-refractivity contribution in [1.82, 2.24) is 4.57 Å². The van der Waals surface area contributed by atoms with Crippen molar-refractivity contribution in [2.45, 2.75) is 39.2 Å². The van der Waals surface area contributed by atoms with Crippen molar-refractivity contribution >= 4 is 16.8 Å². The summed E-state index contributed by atoms with van der Waals surface area (Å²) in [6.45, 7) is 4.26. The summed E-state index contributed by atoms with van der Waals surface area (Å²) in [5.41, 5.74) is 8.83. The van der Waals surface area contributed by atoms with Gasteiger partial charge in [0.25, 0.3) is 0 Å². The lowest BCUT2D eigenvalue weighted by molar-refractivity contribution is -0.122. The molecule has 2 N–H and O–H groups in total. The molecule has 1 aliphatic rings. The van der Waals surface area contributed by atoms with Crippen molar-refractivity contribution in [3.05, 3.63) is 35.3 Å². The number of amides is 1. The molecule has 0 fully saturated rings. The SMILES string of the molecule is CC(C)n1c2c(c3cc(F)ccc31)CC(C(N)=O)CC2. The Kier molecular flexibility index (Phi) is 3.04. The molecule has 4 heteroatoms. The van der Waals surface area contributed by atoms with E-state index >= 15 is 0 Å². The third-order valence-corrected chi connectivity index (χ3v) is 4.28. The maximum atomic E-state index is 13.6. The third kappa shape index (κ3) is 1.90. The molecule has 1 atom stereocenters. The average molecular weight is 274 g/mol. The number of primary amides is 1. The minimum absolute atomic E-state index is 0.128. The van der Waals surface area contributed by atoms with E-state index in [4.69, 9.17) is 5.73 Å². The number of nitrogens with two attached hydrogens (primary N) is 1. The molecule has 2 aromatic rings. The Morgan fingerprint density at radius 3 is 2.85 bits per heavy atom. The predicted molar refractivity (Wildman–Crippen MR) is 77.0 cm³/mol. The topological polar surface area (TPSA) is 48.0 Å². The van der Waals surface area contributed by atoms with E-state index in [0.29, 0.717) is 12.5 Å². The minimum atomic E-state index is -0.252. The van der Waals surface area contributed by atoms with Crippen molar-refractivity contribution in [1.29, 1.82) is 0 Å². The highest BCUT2D eigenvalue weighted by Gasteiger charge is 2.28. The van der Waals surface area contributed by atoms with Gasteiger partial charge >= 0.3 is 0 Å². The molecule has 0 aliphatic heterocycles. The number of carbonyl (C=O) groups is 1. The first kappa shape index (κ1) is 13.2. The molecule has 1 aliphatic carbocycles. The maximum absolute atomic E-state index is 13.6. The Morgan fingerprint density at radius 1 is 1.45 bits per heavy atom. The molecule has 0 saturated carbocycles. The highest BCUT2D eigenvalue weighted by molar-refractivity contribution is 5.87. The van der Waals surface area contributed by atoms with Crippen LogP contribution in [0.25, 0.3) is 10.9 Å². The van der Waals surface area contributed by atoms with E-state index in [2.05, 4.69) is 18.4 Å². The number of fused-ring (bicyclic) bond motifs is 3. The summed E-state index contributed by atoms with van der Waals surface area (Å²) < 4.78 is 15.8. The maximum Gasteiger partial charge on any atom is 0.220 e. The van der Waals surface area contributed by atoms with Gasteiger partial charge in [0.15, 0.2) is 0 Å². The Morgan fingerprint density at radius 2 is 2.20 bits per heavy atom. The van der Waals surface area contributed by atoms with Gasteiger partial charge in [-0.2, -0.15) is 0 Å². The molecule has 1 heterocycles. The monoisotopic (exact) mass is 274 g/mol. The number of aromatic nitrogens is 1. The summed E-state index contributed by atoms with van der Waals surface area (Å²) in [6.07, 6.45) is 2.25. The fourth-order valence-corrected chi connectivity index (χ4v) is 3.40. The van der Waals surface area contributed by atoms with Crippen molar-refractivity contribution in [2.24, 2.45) is 11.7 Å². The molecule has 0 radical (unpaired) electrons. The van der Waals surface area contributed by atoms with E-state index in [1.807, 2.05) is 6.07 Å². The lowest BCUT2D eigenvalue weighted by atomic mass is 9.86. The number of halogens is 1. The molecule has 0 saturated heterocycles. The van der Waals surface area contributed by atoms with Gasteiger partial charge in [-0.25, -0.2) is 4.39 Å². The van der Waals surface area contributed by atoms with Gasteiger partial charge in [-0.05, 0) is 56.9 Å². The van der Waals surface area contributed by atoms with Crippen LogP contribution in [0.5, 0.6) is 0 Å². The Hall–Kier alpha value is -1.84. The number of rotatable bonds is 2. The van der Waals surface area contributed by atoms with Crippen LogP contribution in [0, 0.1) is 11.7 Å². The van der Waals surface area contributed by atoms with Gasteiger partial charge in [0.05, 0.1) is 0 Å². The van der Waals surface area contributed by atoms with E-state index in [1.54, 1.807) is 6.07 Å². The van der Waals surface area contributed by atoms with E-state index < -0.39 is 0 Å². The molecule has 3 rings (SSSR count). The minimum Gasteiger partial charge on any atom is -0.369 e. The highest BCUT2D eigenvalue weighted by atomic mass is 19.1. The van der Waals surface area contributed by atoms with Crippen LogP contribution in [0.4, 0.5) is 4.39 Å². The van der Waals surface area contributed by atoms with Crippen LogP contribution in [-0.2, 0) is 17.6 Å². The Bertz CT molecular complexity index is 687. The van der Waals surface area contributed by atoms with Gasteiger partial charge in [-0.15, -0.1) is 0 Å². The number of nitrogens with zero attached hydrogens (tertiary/aromatic N) is 1. The van der Waals surface area contributed by atoms with Crippen LogP contribution < -0.4 is 5.73 Å². The van der Waals surface area contributed by atoms with E-state index in [1.165, 1.54) is 11.8 Å². The zero-order valence-electron chi connectivity index (χ0n) is 11.8. The molecule has 0 spiro atoms. The third-order valence-electron chi connectivity index (χ3n) is 4.28. The van der Waals surface area contributed by atoms with Crippen LogP contribution in [0.2, 0.25) is 0 Å². The van der Waals surface area contributed by atoms with Gasteiger partial charge in [-0.3, -0.25) is 4.79 Å². The zero-order valence-corrected chi connectivity index (χ0v) is 11.8. The van der Waals surface area contributed by atoms with Crippen molar-refractivity contribution in [2.75, 3.05) is 0 Å². The molecule has 106 valence electrons. The van der Waals surface area contributed by atoms with Gasteiger partial charge in [0, 0.05) is 28.6 Å². The first-order chi connectivity index (χ1) is 9.49. The second kappa shape index (κ2) is 4.62. The van der Waals surface area contributed by atoms with Gasteiger partial charge in [0.1, 0.15) is 5.82 Å². The largest absolute Gasteiger partial charge is 0.369 e. The molecule has 1 aromatic carbocycles. The number of hydrogen-bond donors (Lipinski definition) is 1. The normalized spacial score (nSPS) is 18.5. The van der Waals surface area contributed by atoms with E-state index in [0.717, 1.165) is 29.3 Å². The van der Waals surface area contributed by atoms with Crippen LogP contribution >= 0.6 is 0 Å². The summed E-state index contributed by atoms with van der Waals surface area (Å²) in [4.78, 5) is 11.4. The average Bonchev–Trinajstić information content (AvgIpc) is 2.71. The molecular weight excluding hydrogens is 255 g/mol. The summed E-state index contributed by atoms with van der Waals surface area (Å²) in [6, 6.07) is 5.23. The first-order valence-electron chi connectivity index (χ1n) is 7.09. The number of benzene rings is 1. The number of hydrogen-bond acceptors (Lipinski definition) is 1. The van der Waals surface area contributed by atoms with Crippen LogP contribution in [0.1, 0.15) is 37.6 Å². The van der Waals surface area contributed by atoms with Crippen molar-refractivity contribution in [3.8, 4) is 0 Å². The fourth-order valence-electron chi connectivity index (χ4n) is 3.40. The molecule has 20 heavy (non-hydrogen) atoms. The van der Waals surface area contributed by atoms with Crippen molar-refractivity contribution < 1.29 is 9.18 Å². The summed E-state index contributed by atoms with van der Waals surface area (Å²) in [5, 5.41) is 0.930. The molecule has 0 bridgehead atoms. The second-order valence-corrected chi connectivity index (χ2v) is 5.89. The van der Waals surface area contributed by atoms with Gasteiger partial charge in [0.2, 0.25) is 5.91 Å². The standard InChI is InChI=1S/C16H19FN2O/c1-9(2)19-14-5-3-10(16(18)20)7-12(14)13-8-11(17)4-6-15(13)19/h4,6,8-10H,3,5,7H2,1-2H3,(H2,18,20). The fraction of sp³-hybridized carbons (Fsp3) is 0.438. The lowest BCUT2D eigenvalue weighted by Gasteiger charge is -2.23. The molecule has 1 unspecified atom stereocenters. The number of carbonyl (C=O) groups excluding carboxylic acids is 1. The highest BCUT2D eigenvalue weighted by Crippen LogP contribution is 2.36. The Labute approximate surface area is 117 Å². The van der Waals surface area contributed by atoms with E-state index in [9.17, 15) is 9.18 Å². The summed E-state index contributed by atoms with van der Waals surface area (Å²) in [5.74, 6) is -0.614. The van der Waals surface area contributed by atoms with Crippen molar-refractivity contribution in [3.63, 3.8) is 0 Å². The smallest absolute Gasteiger partial charge is 0.220 e. The van der Waals surface area contributed by atoms with Gasteiger partial charge in [-0.1, -0.05) is 0 Å². The van der Waals surface area contributed by atoms with Crippen LogP contribution in [-0.4, -0.2) is 10.5 Å². The summed E-state index contributed by atoms with van der Waals surface area (Å²) >= 11 is 0. The van der Waals surface area contributed by atoms with Crippen LogP contribution in [0.15, 0.2) is 18.2 Å². The second-order valence-electron chi connectivity index (χ2n) is 5.89. The molecular formula is C16H19FN2O. The first-order valence-corrected chi connectivity index (χ1v) is 7.09. The molecule has 1 amide bonds. The zero-order chi connectivity index (χ0) is 14.4. The van der Waals surface area contributed by atoms with Gasteiger partial charge < -0.3 is 10.3 Å². The van der Waals surface area contributed by atoms with E-state index in [-0.39, 0.29) is 17.6 Å². The summed E-state index contributed by atoms with van der Waals surface area (Å²) in [7, 11) is 0. The lowest BCUT2D eigenvalue weighted by Crippen LogP contribution is -2.29. The molecule has 3 nitrogen and oxygen atoms in total. The predicted octanol–water partition coefficient (Wildman–Crippen LogP) is 2.95. The quantitative estimate of drug-likeness (QED) is 0.899.